The molecule has 0 unspecified atom stereocenters. The Morgan fingerprint density at radius 3 is 2.41 bits per heavy atom. The predicted molar refractivity (Wildman–Crippen MR) is 110 cm³/mol. The minimum absolute atomic E-state index is 0.0499. The highest BCUT2D eigenvalue weighted by Crippen LogP contribution is 2.36. The van der Waals surface area contributed by atoms with Crippen molar-refractivity contribution in [2.45, 2.75) is 32.4 Å². The molecular formula is C21H20ClF3N4. The zero-order chi connectivity index (χ0) is 20.9. The molecule has 0 atom stereocenters. The molecule has 0 radical (unpaired) electrons. The normalized spacial score (nSPS) is 11.3. The molecule has 0 aliphatic heterocycles. The summed E-state index contributed by atoms with van der Waals surface area (Å²) in [7, 11) is 0. The summed E-state index contributed by atoms with van der Waals surface area (Å²) in [6.45, 7) is 2.07. The summed E-state index contributed by atoms with van der Waals surface area (Å²) >= 11 is 5.86. The van der Waals surface area contributed by atoms with Gasteiger partial charge >= 0.3 is 6.18 Å². The van der Waals surface area contributed by atoms with E-state index in [9.17, 15) is 13.2 Å². The van der Waals surface area contributed by atoms with Gasteiger partial charge in [-0.2, -0.15) is 18.2 Å². The van der Waals surface area contributed by atoms with Crippen molar-refractivity contribution in [1.29, 1.82) is 0 Å². The van der Waals surface area contributed by atoms with E-state index in [-0.39, 0.29) is 11.8 Å². The Morgan fingerprint density at radius 2 is 1.72 bits per heavy atom. The molecule has 0 bridgehead atoms. The fraction of sp³-hybridized carbons (Fsp3) is 0.238. The highest BCUT2D eigenvalue weighted by molar-refractivity contribution is 6.30. The first-order valence-corrected chi connectivity index (χ1v) is 9.56. The van der Waals surface area contributed by atoms with E-state index in [0.717, 1.165) is 31.0 Å². The molecule has 0 amide bonds. The van der Waals surface area contributed by atoms with Gasteiger partial charge in [0.2, 0.25) is 5.95 Å². The monoisotopic (exact) mass is 420 g/mol. The summed E-state index contributed by atoms with van der Waals surface area (Å²) < 4.78 is 40.5. The lowest BCUT2D eigenvalue weighted by Crippen LogP contribution is -2.13. The number of nitrogens with zero attached hydrogens (tertiary/aromatic N) is 2. The Labute approximate surface area is 172 Å². The zero-order valence-electron chi connectivity index (χ0n) is 15.7. The number of rotatable bonds is 7. The number of hydrogen-bond acceptors (Lipinski definition) is 4. The van der Waals surface area contributed by atoms with Gasteiger partial charge in [0.05, 0.1) is 0 Å². The quantitative estimate of drug-likeness (QED) is 0.433. The van der Waals surface area contributed by atoms with Crippen molar-refractivity contribution in [3.63, 3.8) is 0 Å². The average molecular weight is 421 g/mol. The van der Waals surface area contributed by atoms with Crippen LogP contribution in [0.15, 0.2) is 54.7 Å². The number of aryl methyl sites for hydroxylation is 1. The van der Waals surface area contributed by atoms with Crippen molar-refractivity contribution in [2.75, 3.05) is 10.6 Å². The molecule has 0 aliphatic rings. The van der Waals surface area contributed by atoms with Crippen LogP contribution in [0.25, 0.3) is 0 Å². The van der Waals surface area contributed by atoms with E-state index in [2.05, 4.69) is 27.5 Å². The number of unbranched alkanes of at least 4 members (excludes halogenated alkanes) is 1. The molecule has 3 aromatic rings. The van der Waals surface area contributed by atoms with Gasteiger partial charge in [0.25, 0.3) is 0 Å². The van der Waals surface area contributed by atoms with E-state index in [0.29, 0.717) is 16.4 Å². The van der Waals surface area contributed by atoms with Crippen LogP contribution in [-0.2, 0) is 12.6 Å². The maximum absolute atomic E-state index is 13.5. The van der Waals surface area contributed by atoms with Gasteiger partial charge in [-0.05, 0) is 48.7 Å². The standard InChI is InChI=1S/C21H20ClF3N4/c1-2-3-6-14-7-4-5-8-18(14)28-19-17(21(23,24)25)13-26-20(29-19)27-16-11-9-15(22)10-12-16/h4-5,7-13H,2-3,6H2,1H3,(H2,26,27,28,29). The third kappa shape index (κ3) is 5.60. The topological polar surface area (TPSA) is 49.8 Å². The minimum atomic E-state index is -4.58. The van der Waals surface area contributed by atoms with Crippen LogP contribution in [0.3, 0.4) is 0 Å². The van der Waals surface area contributed by atoms with Gasteiger partial charge in [0, 0.05) is 22.6 Å². The van der Waals surface area contributed by atoms with E-state index < -0.39 is 11.7 Å². The molecule has 3 rings (SSSR count). The Hall–Kier alpha value is -2.80. The molecule has 152 valence electrons. The van der Waals surface area contributed by atoms with Gasteiger partial charge in [-0.15, -0.1) is 0 Å². The Kier molecular flexibility index (Phi) is 6.59. The second-order valence-electron chi connectivity index (χ2n) is 6.47. The molecule has 2 N–H and O–H groups in total. The van der Waals surface area contributed by atoms with Crippen molar-refractivity contribution < 1.29 is 13.2 Å². The van der Waals surface area contributed by atoms with Crippen LogP contribution in [0.5, 0.6) is 0 Å². The van der Waals surface area contributed by atoms with E-state index >= 15 is 0 Å². The first-order chi connectivity index (χ1) is 13.9. The van der Waals surface area contributed by atoms with Gasteiger partial charge in [-0.3, -0.25) is 0 Å². The zero-order valence-corrected chi connectivity index (χ0v) is 16.5. The summed E-state index contributed by atoms with van der Waals surface area (Å²) in [5.41, 5.74) is 1.23. The van der Waals surface area contributed by atoms with Crippen molar-refractivity contribution in [1.82, 2.24) is 9.97 Å². The average Bonchev–Trinajstić information content (AvgIpc) is 2.68. The van der Waals surface area contributed by atoms with Crippen molar-refractivity contribution in [3.8, 4) is 0 Å². The van der Waals surface area contributed by atoms with Crippen molar-refractivity contribution >= 4 is 34.7 Å². The van der Waals surface area contributed by atoms with Crippen LogP contribution in [0, 0.1) is 0 Å². The molecule has 0 fully saturated rings. The van der Waals surface area contributed by atoms with Crippen LogP contribution in [0.1, 0.15) is 30.9 Å². The maximum atomic E-state index is 13.5. The maximum Gasteiger partial charge on any atom is 0.421 e. The van der Waals surface area contributed by atoms with Crippen LogP contribution in [-0.4, -0.2) is 9.97 Å². The Morgan fingerprint density at radius 1 is 1.00 bits per heavy atom. The molecule has 1 heterocycles. The number of anilines is 4. The summed E-state index contributed by atoms with van der Waals surface area (Å²) in [6.07, 6.45) is -1.10. The van der Waals surface area contributed by atoms with Gasteiger partial charge in [-0.25, -0.2) is 4.98 Å². The molecule has 0 spiro atoms. The van der Waals surface area contributed by atoms with Crippen LogP contribution < -0.4 is 10.6 Å². The molecule has 0 saturated heterocycles. The fourth-order valence-electron chi connectivity index (χ4n) is 2.76. The van der Waals surface area contributed by atoms with Crippen molar-refractivity contribution in [2.24, 2.45) is 0 Å². The molecule has 29 heavy (non-hydrogen) atoms. The molecular weight excluding hydrogens is 401 g/mol. The number of aromatic nitrogens is 2. The van der Waals surface area contributed by atoms with E-state index in [1.807, 2.05) is 12.1 Å². The van der Waals surface area contributed by atoms with Crippen LogP contribution in [0.4, 0.5) is 36.3 Å². The summed E-state index contributed by atoms with van der Waals surface area (Å²) in [5.74, 6) is -0.248. The number of alkyl halides is 3. The first kappa shape index (κ1) is 20.9. The van der Waals surface area contributed by atoms with Gasteiger partial charge in [0.15, 0.2) is 0 Å². The number of halogens is 4. The minimum Gasteiger partial charge on any atom is -0.339 e. The number of para-hydroxylation sites is 1. The predicted octanol–water partition coefficient (Wildman–Crippen LogP) is 6.98. The molecule has 2 aromatic carbocycles. The molecule has 0 aliphatic carbocycles. The summed E-state index contributed by atoms with van der Waals surface area (Å²) in [6, 6.07) is 14.0. The van der Waals surface area contributed by atoms with E-state index in [1.54, 1.807) is 36.4 Å². The first-order valence-electron chi connectivity index (χ1n) is 9.18. The second-order valence-corrected chi connectivity index (χ2v) is 6.91. The summed E-state index contributed by atoms with van der Waals surface area (Å²) in [5, 5.41) is 6.31. The summed E-state index contributed by atoms with van der Waals surface area (Å²) in [4.78, 5) is 7.91. The van der Waals surface area contributed by atoms with Gasteiger partial charge < -0.3 is 10.6 Å². The number of benzene rings is 2. The highest BCUT2D eigenvalue weighted by atomic mass is 35.5. The van der Waals surface area contributed by atoms with Crippen molar-refractivity contribution in [3.05, 3.63) is 70.9 Å². The lowest BCUT2D eigenvalue weighted by molar-refractivity contribution is -0.137. The molecule has 1 aromatic heterocycles. The van der Waals surface area contributed by atoms with Crippen LogP contribution in [0.2, 0.25) is 5.02 Å². The number of nitrogens with one attached hydrogen (secondary N) is 2. The molecule has 8 heteroatoms. The SMILES string of the molecule is CCCCc1ccccc1Nc1nc(Nc2ccc(Cl)cc2)ncc1C(F)(F)F. The fourth-order valence-corrected chi connectivity index (χ4v) is 2.89. The third-order valence-electron chi connectivity index (χ3n) is 4.26. The van der Waals surface area contributed by atoms with Gasteiger partial charge in [-0.1, -0.05) is 43.1 Å². The highest BCUT2D eigenvalue weighted by Gasteiger charge is 2.35. The lowest BCUT2D eigenvalue weighted by Gasteiger charge is -2.17. The number of hydrogen-bond donors (Lipinski definition) is 2. The lowest BCUT2D eigenvalue weighted by atomic mass is 10.1. The van der Waals surface area contributed by atoms with Crippen LogP contribution >= 0.6 is 11.6 Å². The Bertz CT molecular complexity index is 959. The van der Waals surface area contributed by atoms with E-state index in [4.69, 9.17) is 11.6 Å². The smallest absolute Gasteiger partial charge is 0.339 e. The Balaban J connectivity index is 1.94. The van der Waals surface area contributed by atoms with E-state index in [1.165, 1.54) is 0 Å². The molecule has 0 saturated carbocycles. The largest absolute Gasteiger partial charge is 0.421 e. The second kappa shape index (κ2) is 9.13. The molecule has 4 nitrogen and oxygen atoms in total. The van der Waals surface area contributed by atoms with Gasteiger partial charge in [0.1, 0.15) is 11.4 Å². The third-order valence-corrected chi connectivity index (χ3v) is 4.52.